The molecule has 2 atom stereocenters. The third kappa shape index (κ3) is 18.7. The van der Waals surface area contributed by atoms with Crippen LogP contribution in [0.15, 0.2) is 60.7 Å². The molecule has 0 heterocycles. The van der Waals surface area contributed by atoms with Crippen molar-refractivity contribution in [1.29, 1.82) is 0 Å². The van der Waals surface area contributed by atoms with Crippen molar-refractivity contribution in [2.45, 2.75) is 121 Å². The van der Waals surface area contributed by atoms with Gasteiger partial charge in [-0.15, -0.1) is 16.1 Å². The molecule has 0 aliphatic heterocycles. The van der Waals surface area contributed by atoms with Crippen LogP contribution < -0.4 is 21.0 Å². The maximum absolute atomic E-state index is 3.91. The Morgan fingerprint density at radius 3 is 0.840 bits per heavy atom. The first-order chi connectivity index (χ1) is 21.7. The van der Waals surface area contributed by atoms with Crippen molar-refractivity contribution < 1.29 is 93.8 Å². The van der Waals surface area contributed by atoms with Gasteiger partial charge in [0.15, 0.2) is 15.5 Å². The summed E-state index contributed by atoms with van der Waals surface area (Å²) in [5.74, 6) is 0. The molecule has 0 bridgehead atoms. The molecule has 0 saturated carbocycles. The van der Waals surface area contributed by atoms with E-state index in [-0.39, 0.29) is 93.8 Å². The molecule has 0 nitrogen and oxygen atoms in total. The smallest absolute Gasteiger partial charge is 0.187 e. The van der Waals surface area contributed by atoms with Gasteiger partial charge in [-0.1, -0.05) is 131 Å². The Balaban J connectivity index is 0. The summed E-state index contributed by atoms with van der Waals surface area (Å²) >= 11 is 0. The van der Waals surface area contributed by atoms with Gasteiger partial charge in [0.05, 0.1) is 10.6 Å². The second kappa shape index (κ2) is 23.2. The molecule has 4 rings (SSSR count). The zero-order valence-corrected chi connectivity index (χ0v) is 44.6. The Kier molecular flexibility index (Phi) is 25.1. The van der Waals surface area contributed by atoms with E-state index >= 15 is 0 Å². The van der Waals surface area contributed by atoms with Crippen LogP contribution in [0.5, 0.6) is 0 Å². The summed E-state index contributed by atoms with van der Waals surface area (Å²) in [6, 6.07) is 22.1. The van der Waals surface area contributed by atoms with E-state index in [4.69, 9.17) is 0 Å². The van der Waals surface area contributed by atoms with Crippen molar-refractivity contribution in [2.24, 2.45) is 0 Å². The van der Waals surface area contributed by atoms with Gasteiger partial charge >= 0.3 is 0 Å². The Morgan fingerprint density at radius 2 is 0.660 bits per heavy atom. The average molecular weight is 1100 g/mol. The monoisotopic (exact) mass is 1100 g/mol. The van der Waals surface area contributed by atoms with Crippen LogP contribution in [-0.2, 0) is 0 Å². The van der Waals surface area contributed by atoms with Gasteiger partial charge in [0, 0.05) is 93.8 Å². The van der Waals surface area contributed by atoms with Crippen LogP contribution in [0.25, 0.3) is 0 Å². The Bertz CT molecular complexity index is 1390. The second-order valence-electron chi connectivity index (χ2n) is 17.4. The average Bonchev–Trinajstić information content (AvgIpc) is 3.26. The summed E-state index contributed by atoms with van der Waals surface area (Å²) in [6.07, 6.45) is 0. The molecule has 0 aromatic heterocycles. The number of rotatable bonds is 6. The van der Waals surface area contributed by atoms with Crippen LogP contribution in [0.1, 0.15) is 44.5 Å². The Hall–Kier alpha value is 1.91. The van der Waals surface area contributed by atoms with Crippen molar-refractivity contribution in [1.82, 2.24) is 0 Å². The molecule has 50 heavy (non-hydrogen) atoms. The van der Waals surface area contributed by atoms with Crippen LogP contribution >= 0.6 is 16.3 Å². The van der Waals surface area contributed by atoms with Crippen LogP contribution in [0.4, 0.5) is 0 Å². The van der Waals surface area contributed by atoms with E-state index in [1.807, 2.05) is 0 Å². The SMILES string of the molecule is Cc1c([Si](C)(C)[PH2+]c2ccccc2)c(C)[c-](C)c1C.Cc1c([Si](C)(C)[PH2+]c2ccccc2)c(C)[c-](C)c1C.[CH2-][Si](C)(C)C.[CH2-][Si](C)(C)C.[Yb].[Yb]. The maximum atomic E-state index is 3.91. The van der Waals surface area contributed by atoms with E-state index in [0.717, 1.165) is 0 Å². The molecule has 0 aliphatic carbocycles. The fourth-order valence-corrected chi connectivity index (χ4v) is 23.5. The van der Waals surface area contributed by atoms with Gasteiger partial charge in [-0.2, -0.15) is 54.9 Å². The molecule has 296 valence electrons. The van der Waals surface area contributed by atoms with Gasteiger partial charge < -0.3 is 13.1 Å². The summed E-state index contributed by atoms with van der Waals surface area (Å²) in [5.41, 5.74) is 12.3. The zero-order chi connectivity index (χ0) is 37.4. The zero-order valence-electron chi connectivity index (χ0n) is 34.9. The van der Waals surface area contributed by atoms with Gasteiger partial charge in [0.2, 0.25) is 0 Å². The van der Waals surface area contributed by atoms with Gasteiger partial charge in [0.1, 0.15) is 0 Å². The Labute approximate surface area is 395 Å². The van der Waals surface area contributed by atoms with Gasteiger partial charge in [-0.05, 0) is 66.7 Å². The Morgan fingerprint density at radius 1 is 0.440 bits per heavy atom. The molecule has 0 spiro atoms. The third-order valence-electron chi connectivity index (χ3n) is 8.82. The normalized spacial score (nSPS) is 11.9. The number of hydrogen-bond donors (Lipinski definition) is 0. The molecule has 4 aromatic rings. The van der Waals surface area contributed by atoms with E-state index in [2.05, 4.69) is 195 Å². The van der Waals surface area contributed by atoms with Crippen molar-refractivity contribution in [3.05, 3.63) is 118 Å². The van der Waals surface area contributed by atoms with E-state index < -0.39 is 31.6 Å². The fourth-order valence-electron chi connectivity index (χ4n) is 6.45. The van der Waals surface area contributed by atoms with E-state index in [1.54, 1.807) is 43.2 Å². The van der Waals surface area contributed by atoms with E-state index in [1.165, 1.54) is 22.3 Å². The minimum absolute atomic E-state index is 0. The summed E-state index contributed by atoms with van der Waals surface area (Å²) in [5, 5.41) is 6.58. The van der Waals surface area contributed by atoms with Gasteiger partial charge in [-0.25, -0.2) is 0 Å². The molecular weight excluding hydrogens is 1020 g/mol. The van der Waals surface area contributed by atoms with E-state index in [0.29, 0.717) is 16.3 Å². The first kappa shape index (κ1) is 54.0. The summed E-state index contributed by atoms with van der Waals surface area (Å²) in [6.45, 7) is 49.7. The molecule has 0 N–H and O–H groups in total. The molecule has 4 aromatic carbocycles. The molecule has 2 unspecified atom stereocenters. The summed E-state index contributed by atoms with van der Waals surface area (Å²) in [4.78, 5) is 0. The first-order valence-corrected chi connectivity index (χ1v) is 35.9. The molecule has 0 radical (unpaired) electrons. The standard InChI is InChI=1S/2C17H24PSi.2C4H11Si.2Yb/c2*1-12-13(2)15(4)17(14(12)3)19(5,6)18-16-10-8-7-9-11-16;2*1-5(2,3)4;;/h2*7-11,18H,1-6H3;2*1H2,2-4H3;;/q4*-1;;/p+2. The molecule has 0 aliphatic rings. The van der Waals surface area contributed by atoms with E-state index in [9.17, 15) is 0 Å². The summed E-state index contributed by atoms with van der Waals surface area (Å²) < 4.78 is 0. The van der Waals surface area contributed by atoms with Crippen molar-refractivity contribution in [3.8, 4) is 0 Å². The predicted octanol–water partition coefficient (Wildman–Crippen LogP) is 11.0. The number of hydrogen-bond acceptors (Lipinski definition) is 0. The third-order valence-corrected chi connectivity index (χ3v) is 23.8. The molecule has 0 amide bonds. The first-order valence-electron chi connectivity index (χ1n) is 17.7. The van der Waals surface area contributed by atoms with Gasteiger partial charge in [0.25, 0.3) is 0 Å². The molecule has 0 saturated heterocycles. The largest absolute Gasteiger partial charge is 0.342 e. The number of benzene rings is 2. The second-order valence-corrected chi connectivity index (χ2v) is 47.9. The van der Waals surface area contributed by atoms with Crippen LogP contribution in [0.2, 0.25) is 65.5 Å². The van der Waals surface area contributed by atoms with Crippen molar-refractivity contribution in [3.63, 3.8) is 0 Å². The molecular formula is C42H72P2Si4Yb2-2. The molecule has 0 fully saturated rings. The van der Waals surface area contributed by atoms with Gasteiger partial charge in [-0.3, -0.25) is 0 Å². The van der Waals surface area contributed by atoms with Crippen LogP contribution in [-0.4, -0.2) is 31.6 Å². The van der Waals surface area contributed by atoms with Crippen molar-refractivity contribution >= 4 is 68.9 Å². The fraction of sp³-hybridized carbons (Fsp3) is 0.429. The maximum Gasteiger partial charge on any atom is 0.187 e. The predicted molar refractivity (Wildman–Crippen MR) is 245 cm³/mol. The van der Waals surface area contributed by atoms with Crippen LogP contribution in [0.3, 0.4) is 0 Å². The van der Waals surface area contributed by atoms with Crippen molar-refractivity contribution in [2.75, 3.05) is 0 Å². The minimum Gasteiger partial charge on any atom is -0.342 e. The van der Waals surface area contributed by atoms with Crippen LogP contribution in [0, 0.1) is 162 Å². The summed E-state index contributed by atoms with van der Waals surface area (Å²) in [7, 11) is -3.63. The quantitative estimate of drug-likeness (QED) is 0.103. The molecule has 8 heteroatoms. The topological polar surface area (TPSA) is 0 Å². The minimum atomic E-state index is -1.34.